The lowest BCUT2D eigenvalue weighted by Gasteiger charge is -2.25. The molecule has 0 spiro atoms. The second-order valence-corrected chi connectivity index (χ2v) is 4.55. The van der Waals surface area contributed by atoms with Gasteiger partial charge < -0.3 is 14.8 Å². The summed E-state index contributed by atoms with van der Waals surface area (Å²) in [7, 11) is 0. The molecule has 0 atom stereocenters. The lowest BCUT2D eigenvalue weighted by Crippen LogP contribution is -2.36. The molecule has 3 nitrogen and oxygen atoms in total. The first-order valence-electron chi connectivity index (χ1n) is 6.22. The molecule has 15 heavy (non-hydrogen) atoms. The molecule has 0 aromatic heterocycles. The highest BCUT2D eigenvalue weighted by molar-refractivity contribution is 4.63. The molecule has 1 heterocycles. The molecular weight excluding hydrogens is 190 g/mol. The van der Waals surface area contributed by atoms with Gasteiger partial charge in [0.1, 0.15) is 6.10 Å². The second-order valence-electron chi connectivity index (χ2n) is 4.55. The molecule has 1 rings (SSSR count). The fourth-order valence-electron chi connectivity index (χ4n) is 1.53. The molecule has 0 radical (unpaired) electrons. The summed E-state index contributed by atoms with van der Waals surface area (Å²) in [5.74, 6) is 0. The van der Waals surface area contributed by atoms with Gasteiger partial charge in [0.25, 0.3) is 0 Å². The zero-order valence-electron chi connectivity index (χ0n) is 10.1. The van der Waals surface area contributed by atoms with Crippen LogP contribution < -0.4 is 5.32 Å². The van der Waals surface area contributed by atoms with Gasteiger partial charge in [-0.3, -0.25) is 0 Å². The van der Waals surface area contributed by atoms with Gasteiger partial charge in [0.05, 0.1) is 13.2 Å². The van der Waals surface area contributed by atoms with E-state index in [9.17, 15) is 0 Å². The molecule has 90 valence electrons. The summed E-state index contributed by atoms with van der Waals surface area (Å²) in [6, 6.07) is 0.618. The highest BCUT2D eigenvalue weighted by Crippen LogP contribution is 2.07. The van der Waals surface area contributed by atoms with Crippen molar-refractivity contribution in [3.63, 3.8) is 0 Å². The van der Waals surface area contributed by atoms with E-state index in [0.717, 1.165) is 26.4 Å². The summed E-state index contributed by atoms with van der Waals surface area (Å²) in [5.41, 5.74) is 0. The van der Waals surface area contributed by atoms with E-state index in [1.807, 2.05) is 0 Å². The Kier molecular flexibility index (Phi) is 6.98. The molecule has 1 aliphatic heterocycles. The Balaban J connectivity index is 1.69. The maximum Gasteiger partial charge on any atom is 0.104 e. The van der Waals surface area contributed by atoms with Crippen LogP contribution in [0, 0.1) is 0 Å². The minimum atomic E-state index is 0.396. The molecule has 0 aromatic rings. The maximum absolute atomic E-state index is 5.58. The molecule has 3 heteroatoms. The standard InChI is InChI=1S/C12H25NO2/c1-11(2)13-7-5-3-4-6-8-15-12-9-14-10-12/h11-13H,3-10H2,1-2H3. The third kappa shape index (κ3) is 6.88. The predicted octanol–water partition coefficient (Wildman–Crippen LogP) is 1.96. The number of hydrogen-bond acceptors (Lipinski definition) is 3. The van der Waals surface area contributed by atoms with E-state index in [4.69, 9.17) is 9.47 Å². The number of rotatable bonds is 9. The largest absolute Gasteiger partial charge is 0.376 e. The van der Waals surface area contributed by atoms with E-state index in [2.05, 4.69) is 19.2 Å². The Morgan fingerprint density at radius 3 is 2.53 bits per heavy atom. The quantitative estimate of drug-likeness (QED) is 0.596. The van der Waals surface area contributed by atoms with Crippen molar-refractivity contribution < 1.29 is 9.47 Å². The molecule has 1 fully saturated rings. The van der Waals surface area contributed by atoms with Gasteiger partial charge in [0.2, 0.25) is 0 Å². The molecule has 0 aliphatic carbocycles. The molecule has 0 saturated carbocycles. The summed E-state index contributed by atoms with van der Waals surface area (Å²) < 4.78 is 10.6. The van der Waals surface area contributed by atoms with Gasteiger partial charge in [-0.05, 0) is 19.4 Å². The summed E-state index contributed by atoms with van der Waals surface area (Å²) in [6.07, 6.45) is 5.47. The van der Waals surface area contributed by atoms with Crippen molar-refractivity contribution in [2.24, 2.45) is 0 Å². The van der Waals surface area contributed by atoms with E-state index >= 15 is 0 Å². The van der Waals surface area contributed by atoms with E-state index in [-0.39, 0.29) is 0 Å². The number of hydrogen-bond donors (Lipinski definition) is 1. The van der Waals surface area contributed by atoms with Gasteiger partial charge in [-0.15, -0.1) is 0 Å². The van der Waals surface area contributed by atoms with E-state index in [1.54, 1.807) is 0 Å². The van der Waals surface area contributed by atoms with Gasteiger partial charge in [-0.2, -0.15) is 0 Å². The van der Waals surface area contributed by atoms with Crippen LogP contribution in [0.4, 0.5) is 0 Å². The van der Waals surface area contributed by atoms with Crippen LogP contribution in [0.25, 0.3) is 0 Å². The van der Waals surface area contributed by atoms with Crippen LogP contribution in [0.5, 0.6) is 0 Å². The minimum Gasteiger partial charge on any atom is -0.376 e. The third-order valence-corrected chi connectivity index (χ3v) is 2.58. The van der Waals surface area contributed by atoms with Crippen molar-refractivity contribution in [2.75, 3.05) is 26.4 Å². The van der Waals surface area contributed by atoms with Crippen molar-refractivity contribution in [3.8, 4) is 0 Å². The zero-order chi connectivity index (χ0) is 10.9. The van der Waals surface area contributed by atoms with E-state index < -0.39 is 0 Å². The molecule has 0 amide bonds. The summed E-state index contributed by atoms with van der Waals surface area (Å²) >= 11 is 0. The normalized spacial score (nSPS) is 17.0. The summed E-state index contributed by atoms with van der Waals surface area (Å²) in [6.45, 7) is 8.04. The number of unbranched alkanes of at least 4 members (excludes halogenated alkanes) is 3. The lowest BCUT2D eigenvalue weighted by molar-refractivity contribution is -0.129. The topological polar surface area (TPSA) is 30.5 Å². The van der Waals surface area contributed by atoms with Crippen LogP contribution in [0.3, 0.4) is 0 Å². The Morgan fingerprint density at radius 1 is 1.20 bits per heavy atom. The Bertz CT molecular complexity index is 147. The Hall–Kier alpha value is -0.120. The summed E-state index contributed by atoms with van der Waals surface area (Å²) in [4.78, 5) is 0. The lowest BCUT2D eigenvalue weighted by atomic mass is 10.2. The van der Waals surface area contributed by atoms with Crippen molar-refractivity contribution in [3.05, 3.63) is 0 Å². The highest BCUT2D eigenvalue weighted by Gasteiger charge is 2.17. The average Bonchev–Trinajstić information content (AvgIpc) is 2.12. The fourth-order valence-corrected chi connectivity index (χ4v) is 1.53. The fraction of sp³-hybridized carbons (Fsp3) is 1.00. The third-order valence-electron chi connectivity index (χ3n) is 2.58. The molecule has 1 saturated heterocycles. The van der Waals surface area contributed by atoms with Crippen LogP contribution in [0.15, 0.2) is 0 Å². The van der Waals surface area contributed by atoms with Crippen molar-refractivity contribution >= 4 is 0 Å². The monoisotopic (exact) mass is 215 g/mol. The number of ether oxygens (including phenoxy) is 2. The molecule has 1 N–H and O–H groups in total. The Labute approximate surface area is 93.5 Å². The van der Waals surface area contributed by atoms with Crippen LogP contribution in [-0.2, 0) is 9.47 Å². The maximum atomic E-state index is 5.58. The van der Waals surface area contributed by atoms with Gasteiger partial charge in [0, 0.05) is 12.6 Å². The van der Waals surface area contributed by atoms with Gasteiger partial charge in [-0.25, -0.2) is 0 Å². The van der Waals surface area contributed by atoms with Crippen LogP contribution >= 0.6 is 0 Å². The van der Waals surface area contributed by atoms with Crippen LogP contribution in [0.1, 0.15) is 39.5 Å². The van der Waals surface area contributed by atoms with Gasteiger partial charge in [-0.1, -0.05) is 26.7 Å². The SMILES string of the molecule is CC(C)NCCCCCCOC1COC1. The van der Waals surface area contributed by atoms with Gasteiger partial charge in [0.15, 0.2) is 0 Å². The van der Waals surface area contributed by atoms with E-state index in [0.29, 0.717) is 12.1 Å². The predicted molar refractivity (Wildman–Crippen MR) is 62.2 cm³/mol. The first-order chi connectivity index (χ1) is 7.29. The van der Waals surface area contributed by atoms with E-state index in [1.165, 1.54) is 25.7 Å². The first kappa shape index (κ1) is 12.9. The van der Waals surface area contributed by atoms with Crippen molar-refractivity contribution in [1.82, 2.24) is 5.32 Å². The van der Waals surface area contributed by atoms with Crippen LogP contribution in [-0.4, -0.2) is 38.5 Å². The molecule has 0 bridgehead atoms. The average molecular weight is 215 g/mol. The second kappa shape index (κ2) is 8.08. The highest BCUT2D eigenvalue weighted by atomic mass is 16.6. The van der Waals surface area contributed by atoms with Crippen LogP contribution in [0.2, 0.25) is 0 Å². The molecule has 0 aromatic carbocycles. The molecule has 1 aliphatic rings. The Morgan fingerprint density at radius 2 is 1.93 bits per heavy atom. The molecule has 0 unspecified atom stereocenters. The minimum absolute atomic E-state index is 0.396. The smallest absolute Gasteiger partial charge is 0.104 e. The number of nitrogens with one attached hydrogen (secondary N) is 1. The molecular formula is C12H25NO2. The van der Waals surface area contributed by atoms with Crippen molar-refractivity contribution in [1.29, 1.82) is 0 Å². The zero-order valence-corrected chi connectivity index (χ0v) is 10.1. The van der Waals surface area contributed by atoms with Crippen molar-refractivity contribution in [2.45, 2.75) is 51.7 Å². The van der Waals surface area contributed by atoms with Gasteiger partial charge >= 0.3 is 0 Å². The first-order valence-corrected chi connectivity index (χ1v) is 6.22. The summed E-state index contributed by atoms with van der Waals surface area (Å²) in [5, 5.41) is 3.43.